The highest BCUT2D eigenvalue weighted by Gasteiger charge is 2.32. The molecule has 5 nitrogen and oxygen atoms in total. The number of nitrogens with zero attached hydrogens (tertiary/aromatic N) is 2. The molecular formula is C15H27N3O2. The van der Waals surface area contributed by atoms with Gasteiger partial charge in [-0.1, -0.05) is 6.92 Å². The molecule has 2 saturated heterocycles. The van der Waals surface area contributed by atoms with Crippen molar-refractivity contribution in [2.75, 3.05) is 33.2 Å². The highest BCUT2D eigenvalue weighted by molar-refractivity contribution is 5.81. The van der Waals surface area contributed by atoms with Crippen LogP contribution in [0.1, 0.15) is 39.0 Å². The molecule has 2 unspecified atom stereocenters. The molecule has 2 fully saturated rings. The molecule has 0 bridgehead atoms. The standard InChI is InChI=1S/C15H27N3O2/c1-3-5-14(19)18-9-4-6-12(11-18)15(20)17(2)13-7-8-16-10-13/h12-13,16H,3-11H2,1-2H3. The number of hydrogen-bond donors (Lipinski definition) is 1. The van der Waals surface area contributed by atoms with E-state index in [1.165, 1.54) is 0 Å². The molecule has 2 heterocycles. The Bertz CT molecular complexity index is 353. The number of likely N-dealkylation sites (N-methyl/N-ethyl adjacent to an activating group) is 1. The van der Waals surface area contributed by atoms with E-state index in [0.717, 1.165) is 45.3 Å². The third-order valence-electron chi connectivity index (χ3n) is 4.52. The zero-order chi connectivity index (χ0) is 14.5. The largest absolute Gasteiger partial charge is 0.342 e. The normalized spacial score (nSPS) is 26.6. The van der Waals surface area contributed by atoms with E-state index < -0.39 is 0 Å². The first-order chi connectivity index (χ1) is 9.63. The lowest BCUT2D eigenvalue weighted by Crippen LogP contribution is -2.48. The topological polar surface area (TPSA) is 52.7 Å². The first-order valence-electron chi connectivity index (χ1n) is 7.88. The van der Waals surface area contributed by atoms with E-state index in [0.29, 0.717) is 19.0 Å². The van der Waals surface area contributed by atoms with Crippen molar-refractivity contribution in [1.82, 2.24) is 15.1 Å². The SMILES string of the molecule is CCCC(=O)N1CCCC(C(=O)N(C)C2CCNC2)C1. The maximum Gasteiger partial charge on any atom is 0.227 e. The second-order valence-corrected chi connectivity index (χ2v) is 6.02. The summed E-state index contributed by atoms with van der Waals surface area (Å²) in [5, 5.41) is 3.30. The smallest absolute Gasteiger partial charge is 0.227 e. The number of amides is 2. The molecule has 0 spiro atoms. The zero-order valence-electron chi connectivity index (χ0n) is 12.7. The average molecular weight is 281 g/mol. The van der Waals surface area contributed by atoms with E-state index >= 15 is 0 Å². The molecule has 2 aliphatic heterocycles. The number of piperidine rings is 1. The molecule has 2 rings (SSSR count). The lowest BCUT2D eigenvalue weighted by Gasteiger charge is -2.35. The maximum absolute atomic E-state index is 12.6. The van der Waals surface area contributed by atoms with E-state index in [4.69, 9.17) is 0 Å². The quantitative estimate of drug-likeness (QED) is 0.831. The summed E-state index contributed by atoms with van der Waals surface area (Å²) in [6, 6.07) is 0.323. The molecule has 5 heteroatoms. The molecule has 0 aliphatic carbocycles. The first-order valence-corrected chi connectivity index (χ1v) is 7.88. The van der Waals surface area contributed by atoms with Crippen molar-refractivity contribution in [3.63, 3.8) is 0 Å². The van der Waals surface area contributed by atoms with Crippen LogP contribution in [0.25, 0.3) is 0 Å². The van der Waals surface area contributed by atoms with Gasteiger partial charge >= 0.3 is 0 Å². The number of likely N-dealkylation sites (tertiary alicyclic amines) is 1. The second-order valence-electron chi connectivity index (χ2n) is 6.02. The van der Waals surface area contributed by atoms with Crippen LogP contribution < -0.4 is 5.32 Å². The Balaban J connectivity index is 1.90. The summed E-state index contributed by atoms with van der Waals surface area (Å²) in [7, 11) is 1.91. The maximum atomic E-state index is 12.6. The van der Waals surface area contributed by atoms with Crippen molar-refractivity contribution < 1.29 is 9.59 Å². The van der Waals surface area contributed by atoms with Crippen LogP contribution in [0.2, 0.25) is 0 Å². The second kappa shape index (κ2) is 7.07. The number of nitrogens with one attached hydrogen (secondary N) is 1. The van der Waals surface area contributed by atoms with E-state index in [-0.39, 0.29) is 17.7 Å². The predicted molar refractivity (Wildman–Crippen MR) is 78.3 cm³/mol. The Labute approximate surface area is 121 Å². The highest BCUT2D eigenvalue weighted by atomic mass is 16.2. The van der Waals surface area contributed by atoms with Gasteiger partial charge in [-0.3, -0.25) is 9.59 Å². The summed E-state index contributed by atoms with van der Waals surface area (Å²) in [6.07, 6.45) is 4.38. The fraction of sp³-hybridized carbons (Fsp3) is 0.867. The van der Waals surface area contributed by atoms with E-state index in [1.54, 1.807) is 0 Å². The third kappa shape index (κ3) is 3.51. The summed E-state index contributed by atoms with van der Waals surface area (Å²) in [4.78, 5) is 28.3. The van der Waals surface area contributed by atoms with E-state index in [2.05, 4.69) is 5.32 Å². The van der Waals surface area contributed by atoms with Gasteiger partial charge in [-0.05, 0) is 32.2 Å². The van der Waals surface area contributed by atoms with Crippen LogP contribution in [0.3, 0.4) is 0 Å². The lowest BCUT2D eigenvalue weighted by molar-refractivity contribution is -0.141. The molecule has 0 saturated carbocycles. The van der Waals surface area contributed by atoms with Crippen LogP contribution in [0, 0.1) is 5.92 Å². The van der Waals surface area contributed by atoms with Gasteiger partial charge in [-0.25, -0.2) is 0 Å². The van der Waals surface area contributed by atoms with Gasteiger partial charge in [0.05, 0.1) is 5.92 Å². The minimum Gasteiger partial charge on any atom is -0.342 e. The molecule has 20 heavy (non-hydrogen) atoms. The number of hydrogen-bond acceptors (Lipinski definition) is 3. The molecule has 0 radical (unpaired) electrons. The Morgan fingerprint density at radius 3 is 2.80 bits per heavy atom. The summed E-state index contributed by atoms with van der Waals surface area (Å²) in [5.41, 5.74) is 0. The molecule has 1 N–H and O–H groups in total. The Morgan fingerprint density at radius 1 is 1.35 bits per heavy atom. The van der Waals surface area contributed by atoms with Crippen molar-refractivity contribution in [3.05, 3.63) is 0 Å². The van der Waals surface area contributed by atoms with Gasteiger partial charge in [0.25, 0.3) is 0 Å². The Hall–Kier alpha value is -1.10. The molecule has 114 valence electrons. The predicted octanol–water partition coefficient (Wildman–Crippen LogP) is 0.845. The van der Waals surface area contributed by atoms with Gasteiger partial charge in [0.2, 0.25) is 11.8 Å². The van der Waals surface area contributed by atoms with E-state index in [9.17, 15) is 9.59 Å². The van der Waals surface area contributed by atoms with Crippen molar-refractivity contribution >= 4 is 11.8 Å². The summed E-state index contributed by atoms with van der Waals surface area (Å²) in [6.45, 7) is 5.34. The lowest BCUT2D eigenvalue weighted by atomic mass is 9.95. The van der Waals surface area contributed by atoms with Gasteiger partial charge in [-0.2, -0.15) is 0 Å². The molecule has 2 atom stereocenters. The van der Waals surface area contributed by atoms with Gasteiger partial charge in [0.1, 0.15) is 0 Å². The van der Waals surface area contributed by atoms with E-state index in [1.807, 2.05) is 23.8 Å². The molecule has 0 aromatic heterocycles. The summed E-state index contributed by atoms with van der Waals surface area (Å²) < 4.78 is 0. The first kappa shape index (κ1) is 15.3. The molecule has 0 aromatic carbocycles. The van der Waals surface area contributed by atoms with Crippen molar-refractivity contribution in [2.45, 2.75) is 45.1 Å². The zero-order valence-corrected chi connectivity index (χ0v) is 12.7. The molecular weight excluding hydrogens is 254 g/mol. The molecule has 0 aromatic rings. The monoisotopic (exact) mass is 281 g/mol. The Kier molecular flexibility index (Phi) is 5.40. The summed E-state index contributed by atoms with van der Waals surface area (Å²) in [5.74, 6) is 0.415. The average Bonchev–Trinajstić information content (AvgIpc) is 3.00. The molecule has 2 aliphatic rings. The Morgan fingerprint density at radius 2 is 2.15 bits per heavy atom. The van der Waals surface area contributed by atoms with Crippen LogP contribution in [-0.2, 0) is 9.59 Å². The van der Waals surface area contributed by atoms with Gasteiger partial charge < -0.3 is 15.1 Å². The fourth-order valence-corrected chi connectivity index (χ4v) is 3.22. The third-order valence-corrected chi connectivity index (χ3v) is 4.52. The summed E-state index contributed by atoms with van der Waals surface area (Å²) >= 11 is 0. The minimum atomic E-state index is -0.00449. The number of rotatable bonds is 4. The fourth-order valence-electron chi connectivity index (χ4n) is 3.22. The van der Waals surface area contributed by atoms with Gasteiger partial charge in [0, 0.05) is 39.1 Å². The van der Waals surface area contributed by atoms with Gasteiger partial charge in [-0.15, -0.1) is 0 Å². The number of carbonyl (C=O) groups excluding carboxylic acids is 2. The van der Waals surface area contributed by atoms with Crippen molar-refractivity contribution in [2.24, 2.45) is 5.92 Å². The van der Waals surface area contributed by atoms with Crippen molar-refractivity contribution in [1.29, 1.82) is 0 Å². The van der Waals surface area contributed by atoms with Crippen LogP contribution in [-0.4, -0.2) is 60.9 Å². The van der Waals surface area contributed by atoms with Crippen molar-refractivity contribution in [3.8, 4) is 0 Å². The van der Waals surface area contributed by atoms with Crippen LogP contribution >= 0.6 is 0 Å². The van der Waals surface area contributed by atoms with Crippen LogP contribution in [0.15, 0.2) is 0 Å². The van der Waals surface area contributed by atoms with Crippen LogP contribution in [0.4, 0.5) is 0 Å². The molecule has 2 amide bonds. The minimum absolute atomic E-state index is 0.00449. The number of carbonyl (C=O) groups is 2. The van der Waals surface area contributed by atoms with Gasteiger partial charge in [0.15, 0.2) is 0 Å². The van der Waals surface area contributed by atoms with Crippen LogP contribution in [0.5, 0.6) is 0 Å². The highest BCUT2D eigenvalue weighted by Crippen LogP contribution is 2.21.